The number of carbonyl (C=O) groups is 2. The number of hydrogen-bond donors (Lipinski definition) is 1. The van der Waals surface area contributed by atoms with Crippen LogP contribution in [0.4, 0.5) is 5.69 Å². The van der Waals surface area contributed by atoms with Crippen LogP contribution in [0, 0.1) is 0 Å². The van der Waals surface area contributed by atoms with E-state index in [1.165, 1.54) is 30.7 Å². The third kappa shape index (κ3) is 5.42. The number of carboxylic acids is 1. The molecule has 2 aromatic rings. The molecule has 9 heteroatoms. The number of ether oxygens (including phenoxy) is 3. The number of rotatable bonds is 8. The van der Waals surface area contributed by atoms with Crippen LogP contribution in [0.5, 0.6) is 17.2 Å². The van der Waals surface area contributed by atoms with E-state index in [-0.39, 0.29) is 5.91 Å². The molecular weight excluding hydrogens is 432 g/mol. The molecule has 2 aromatic carbocycles. The highest BCUT2D eigenvalue weighted by Gasteiger charge is 2.30. The molecule has 1 atom stereocenters. The second-order valence-electron chi connectivity index (χ2n) is 6.80. The molecule has 1 aliphatic rings. The molecule has 0 aliphatic carbocycles. The number of aliphatic imine (C=N–C) groups is 1. The van der Waals surface area contributed by atoms with Gasteiger partial charge in [-0.2, -0.15) is 0 Å². The number of amides is 1. The fourth-order valence-electron chi connectivity index (χ4n) is 2.81. The highest BCUT2D eigenvalue weighted by molar-refractivity contribution is 8.18. The third-order valence-electron chi connectivity index (χ3n) is 4.51. The van der Waals surface area contributed by atoms with Gasteiger partial charge in [0.05, 0.1) is 24.3 Å². The second kappa shape index (κ2) is 10.2. The van der Waals surface area contributed by atoms with Crippen LogP contribution < -0.4 is 14.2 Å². The normalized spacial score (nSPS) is 17.0. The van der Waals surface area contributed by atoms with Crippen LogP contribution in [0.2, 0.25) is 0 Å². The lowest BCUT2D eigenvalue weighted by molar-refractivity contribution is -0.144. The highest BCUT2D eigenvalue weighted by Crippen LogP contribution is 2.35. The van der Waals surface area contributed by atoms with Gasteiger partial charge in [-0.1, -0.05) is 6.07 Å². The van der Waals surface area contributed by atoms with Gasteiger partial charge in [0.2, 0.25) is 0 Å². The van der Waals surface area contributed by atoms with Crippen molar-refractivity contribution in [1.29, 1.82) is 0 Å². The summed E-state index contributed by atoms with van der Waals surface area (Å²) in [7, 11) is 3.14. The molecule has 3 rings (SSSR count). The molecule has 1 amide bonds. The van der Waals surface area contributed by atoms with Crippen LogP contribution in [-0.2, 0) is 9.59 Å². The minimum Gasteiger partial charge on any atom is -0.494 e. The van der Waals surface area contributed by atoms with Crippen molar-refractivity contribution in [1.82, 2.24) is 4.90 Å². The molecule has 0 radical (unpaired) electrons. The Labute approximate surface area is 190 Å². The zero-order valence-electron chi connectivity index (χ0n) is 18.2. The summed E-state index contributed by atoms with van der Waals surface area (Å²) in [5.74, 6) is 0.205. The van der Waals surface area contributed by atoms with Crippen LogP contribution in [0.3, 0.4) is 0 Å². The number of thioether (sulfide) groups is 1. The molecule has 0 spiro atoms. The SMILES string of the molecule is CCOc1ccc(N=C2S/C(=C\c3ccc(O[C@@H](C)C(=O)O)c(OC)c3)C(=O)N2C)cc1. The molecular formula is C23H24N2O6S. The predicted octanol–water partition coefficient (Wildman–Crippen LogP) is 4.18. The van der Waals surface area contributed by atoms with E-state index >= 15 is 0 Å². The number of aliphatic carboxylic acids is 1. The van der Waals surface area contributed by atoms with Crippen LogP contribution in [-0.4, -0.2) is 53.9 Å². The zero-order chi connectivity index (χ0) is 23.3. The number of benzene rings is 2. The molecule has 32 heavy (non-hydrogen) atoms. The second-order valence-corrected chi connectivity index (χ2v) is 7.81. The Morgan fingerprint density at radius 1 is 1.22 bits per heavy atom. The van der Waals surface area contributed by atoms with Gasteiger partial charge in [-0.05, 0) is 73.6 Å². The quantitative estimate of drug-likeness (QED) is 0.595. The first kappa shape index (κ1) is 23.2. The number of amidine groups is 1. The smallest absolute Gasteiger partial charge is 0.344 e. The minimum absolute atomic E-state index is 0.168. The maximum absolute atomic E-state index is 12.7. The number of nitrogens with zero attached hydrogens (tertiary/aromatic N) is 2. The van der Waals surface area contributed by atoms with E-state index in [9.17, 15) is 9.59 Å². The van der Waals surface area contributed by atoms with Crippen molar-refractivity contribution in [3.05, 3.63) is 52.9 Å². The maximum Gasteiger partial charge on any atom is 0.344 e. The van der Waals surface area contributed by atoms with Crippen molar-refractivity contribution >= 4 is 40.6 Å². The molecule has 0 unspecified atom stereocenters. The van der Waals surface area contributed by atoms with Crippen molar-refractivity contribution in [3.63, 3.8) is 0 Å². The van der Waals surface area contributed by atoms with Gasteiger partial charge in [-0.15, -0.1) is 0 Å². The zero-order valence-corrected chi connectivity index (χ0v) is 19.0. The van der Waals surface area contributed by atoms with Gasteiger partial charge >= 0.3 is 5.97 Å². The van der Waals surface area contributed by atoms with E-state index in [1.54, 1.807) is 31.3 Å². The van der Waals surface area contributed by atoms with Crippen molar-refractivity contribution < 1.29 is 28.9 Å². The average Bonchev–Trinajstić information content (AvgIpc) is 3.03. The van der Waals surface area contributed by atoms with E-state index in [0.29, 0.717) is 39.4 Å². The number of carbonyl (C=O) groups excluding carboxylic acids is 1. The van der Waals surface area contributed by atoms with Crippen molar-refractivity contribution in [2.24, 2.45) is 4.99 Å². The van der Waals surface area contributed by atoms with E-state index < -0.39 is 12.1 Å². The lowest BCUT2D eigenvalue weighted by Crippen LogP contribution is -2.23. The Morgan fingerprint density at radius 3 is 2.56 bits per heavy atom. The molecule has 0 saturated carbocycles. The number of hydrogen-bond acceptors (Lipinski definition) is 7. The molecule has 1 aliphatic heterocycles. The predicted molar refractivity (Wildman–Crippen MR) is 124 cm³/mol. The summed E-state index contributed by atoms with van der Waals surface area (Å²) in [6.45, 7) is 3.95. The number of likely N-dealkylation sites (N-methyl/N-ethyl adjacent to an activating group) is 1. The number of carboxylic acid groups (broad SMARTS) is 1. The Hall–Kier alpha value is -3.46. The Kier molecular flexibility index (Phi) is 7.42. The van der Waals surface area contributed by atoms with Crippen molar-refractivity contribution in [3.8, 4) is 17.2 Å². The third-order valence-corrected chi connectivity index (χ3v) is 5.57. The first-order valence-electron chi connectivity index (χ1n) is 9.89. The van der Waals surface area contributed by atoms with Crippen LogP contribution in [0.25, 0.3) is 6.08 Å². The lowest BCUT2D eigenvalue weighted by Gasteiger charge is -2.14. The molecule has 1 heterocycles. The van der Waals surface area contributed by atoms with Gasteiger partial charge in [0.25, 0.3) is 5.91 Å². The van der Waals surface area contributed by atoms with Gasteiger partial charge in [0.15, 0.2) is 22.8 Å². The summed E-state index contributed by atoms with van der Waals surface area (Å²) < 4.78 is 16.2. The summed E-state index contributed by atoms with van der Waals surface area (Å²) in [4.78, 5) is 30.3. The highest BCUT2D eigenvalue weighted by atomic mass is 32.2. The summed E-state index contributed by atoms with van der Waals surface area (Å²) in [5.41, 5.74) is 1.43. The van der Waals surface area contributed by atoms with Gasteiger partial charge in [0, 0.05) is 7.05 Å². The van der Waals surface area contributed by atoms with E-state index in [2.05, 4.69) is 4.99 Å². The minimum atomic E-state index is -1.08. The molecule has 8 nitrogen and oxygen atoms in total. The summed E-state index contributed by atoms with van der Waals surface area (Å²) >= 11 is 1.27. The van der Waals surface area contributed by atoms with Gasteiger partial charge < -0.3 is 19.3 Å². The molecule has 168 valence electrons. The monoisotopic (exact) mass is 456 g/mol. The Bertz CT molecular complexity index is 1060. The van der Waals surface area contributed by atoms with Crippen LogP contribution in [0.1, 0.15) is 19.4 Å². The van der Waals surface area contributed by atoms with E-state index in [1.807, 2.05) is 31.2 Å². The van der Waals surface area contributed by atoms with Crippen molar-refractivity contribution in [2.75, 3.05) is 20.8 Å². The Balaban J connectivity index is 1.81. The van der Waals surface area contributed by atoms with Gasteiger partial charge in [0.1, 0.15) is 5.75 Å². The fraction of sp³-hybridized carbons (Fsp3) is 0.261. The summed E-state index contributed by atoms with van der Waals surface area (Å²) in [6, 6.07) is 12.4. The van der Waals surface area contributed by atoms with E-state index in [0.717, 1.165) is 5.75 Å². The molecule has 0 aromatic heterocycles. The van der Waals surface area contributed by atoms with Crippen LogP contribution >= 0.6 is 11.8 Å². The molecule has 1 saturated heterocycles. The molecule has 1 N–H and O–H groups in total. The largest absolute Gasteiger partial charge is 0.494 e. The Morgan fingerprint density at radius 2 is 1.94 bits per heavy atom. The first-order chi connectivity index (χ1) is 15.3. The summed E-state index contributed by atoms with van der Waals surface area (Å²) in [5, 5.41) is 9.60. The standard InChI is InChI=1S/C23H24N2O6S/c1-5-30-17-9-7-16(8-10-17)24-23-25(3)21(26)20(32-23)13-15-6-11-18(19(12-15)29-4)31-14(2)22(27)28/h6-14H,5H2,1-4H3,(H,27,28)/b20-13-,24-23?/t14-/m0/s1. The fourth-order valence-corrected chi connectivity index (χ4v) is 3.80. The lowest BCUT2D eigenvalue weighted by atomic mass is 10.2. The van der Waals surface area contributed by atoms with E-state index in [4.69, 9.17) is 19.3 Å². The van der Waals surface area contributed by atoms with Crippen LogP contribution in [0.15, 0.2) is 52.4 Å². The molecule has 0 bridgehead atoms. The number of methoxy groups -OCH3 is 1. The van der Waals surface area contributed by atoms with Gasteiger partial charge in [-0.3, -0.25) is 9.69 Å². The topological polar surface area (TPSA) is 97.7 Å². The maximum atomic E-state index is 12.7. The summed E-state index contributed by atoms with van der Waals surface area (Å²) in [6.07, 6.45) is 0.715. The van der Waals surface area contributed by atoms with Crippen molar-refractivity contribution in [2.45, 2.75) is 20.0 Å². The first-order valence-corrected chi connectivity index (χ1v) is 10.7. The average molecular weight is 457 g/mol. The van der Waals surface area contributed by atoms with Gasteiger partial charge in [-0.25, -0.2) is 9.79 Å². The molecule has 1 fully saturated rings.